The predicted molar refractivity (Wildman–Crippen MR) is 85.4 cm³/mol. The molecule has 0 bridgehead atoms. The second-order valence-corrected chi connectivity index (χ2v) is 7.65. The van der Waals surface area contributed by atoms with Crippen LogP contribution in [0.4, 0.5) is 4.39 Å². The standard InChI is InChI=1S/C14H13ClFNO4S2/c1-21-14(18)8-12(13-3-2-6-22-13)17-23(19,20)9-4-5-11(16)10(15)7-9/h2-7,12,17H,8H2,1H3. The Balaban J connectivity index is 2.30. The molecule has 0 amide bonds. The quantitative estimate of drug-likeness (QED) is 0.785. The number of thiophene rings is 1. The Morgan fingerprint density at radius 1 is 1.43 bits per heavy atom. The first kappa shape index (κ1) is 17.9. The van der Waals surface area contributed by atoms with Gasteiger partial charge in [-0.25, -0.2) is 17.5 Å². The molecule has 1 aromatic carbocycles. The maximum absolute atomic E-state index is 13.2. The number of carbonyl (C=O) groups is 1. The number of halogens is 2. The third-order valence-corrected chi connectivity index (χ3v) is 5.73. The molecule has 0 spiro atoms. The van der Waals surface area contributed by atoms with Gasteiger partial charge < -0.3 is 4.74 Å². The average molecular weight is 378 g/mol. The topological polar surface area (TPSA) is 72.5 Å². The first-order valence-corrected chi connectivity index (χ1v) is 9.15. The molecular weight excluding hydrogens is 365 g/mol. The first-order chi connectivity index (χ1) is 10.8. The van der Waals surface area contributed by atoms with Crippen molar-refractivity contribution in [2.24, 2.45) is 0 Å². The minimum absolute atomic E-state index is 0.162. The Morgan fingerprint density at radius 3 is 2.74 bits per heavy atom. The third kappa shape index (κ3) is 4.51. The van der Waals surface area contributed by atoms with Crippen molar-refractivity contribution in [3.05, 3.63) is 51.4 Å². The number of rotatable bonds is 6. The van der Waals surface area contributed by atoms with E-state index in [9.17, 15) is 17.6 Å². The van der Waals surface area contributed by atoms with Crippen molar-refractivity contribution < 1.29 is 22.3 Å². The zero-order valence-electron chi connectivity index (χ0n) is 12.0. The Hall–Kier alpha value is -1.48. The molecule has 0 aliphatic carbocycles. The molecule has 23 heavy (non-hydrogen) atoms. The molecule has 5 nitrogen and oxygen atoms in total. The van der Waals surface area contributed by atoms with Crippen LogP contribution >= 0.6 is 22.9 Å². The summed E-state index contributed by atoms with van der Waals surface area (Å²) in [5, 5.41) is 1.47. The molecule has 0 aliphatic rings. The van der Waals surface area contributed by atoms with Crippen molar-refractivity contribution in [3.63, 3.8) is 0 Å². The second-order valence-electron chi connectivity index (χ2n) is 4.55. The van der Waals surface area contributed by atoms with Crippen molar-refractivity contribution in [1.82, 2.24) is 4.72 Å². The lowest BCUT2D eigenvalue weighted by molar-refractivity contribution is -0.141. The van der Waals surface area contributed by atoms with E-state index < -0.39 is 27.9 Å². The molecule has 0 saturated carbocycles. The minimum Gasteiger partial charge on any atom is -0.469 e. The molecule has 1 unspecified atom stereocenters. The molecule has 1 N–H and O–H groups in total. The fourth-order valence-corrected chi connectivity index (χ4v) is 4.18. The van der Waals surface area contributed by atoms with Crippen LogP contribution in [0.25, 0.3) is 0 Å². The zero-order valence-corrected chi connectivity index (χ0v) is 14.3. The molecule has 0 radical (unpaired) electrons. The molecule has 9 heteroatoms. The molecule has 2 aromatic rings. The van der Waals surface area contributed by atoms with Gasteiger partial charge in [0.25, 0.3) is 0 Å². The van der Waals surface area contributed by atoms with E-state index in [4.69, 9.17) is 11.6 Å². The van der Waals surface area contributed by atoms with E-state index in [2.05, 4.69) is 9.46 Å². The molecule has 0 fully saturated rings. The maximum atomic E-state index is 13.2. The largest absolute Gasteiger partial charge is 0.469 e. The van der Waals surface area contributed by atoms with E-state index in [0.29, 0.717) is 4.88 Å². The Morgan fingerprint density at radius 2 is 2.17 bits per heavy atom. The van der Waals surface area contributed by atoms with Crippen molar-refractivity contribution in [3.8, 4) is 0 Å². The molecular formula is C14H13ClFNO4S2. The number of nitrogens with one attached hydrogen (secondary N) is 1. The molecule has 0 aliphatic heterocycles. The molecule has 0 saturated heterocycles. The van der Waals surface area contributed by atoms with Crippen molar-refractivity contribution in [1.29, 1.82) is 0 Å². The summed E-state index contributed by atoms with van der Waals surface area (Å²) in [4.78, 5) is 12.0. The van der Waals surface area contributed by atoms with Gasteiger partial charge in [-0.15, -0.1) is 11.3 Å². The summed E-state index contributed by atoms with van der Waals surface area (Å²) in [6.07, 6.45) is -0.162. The van der Waals surface area contributed by atoms with E-state index in [1.807, 2.05) is 0 Å². The van der Waals surface area contributed by atoms with Crippen LogP contribution in [0.1, 0.15) is 17.3 Å². The highest BCUT2D eigenvalue weighted by Gasteiger charge is 2.25. The number of hydrogen-bond acceptors (Lipinski definition) is 5. The predicted octanol–water partition coefficient (Wildman–Crippen LogP) is 3.12. The monoisotopic (exact) mass is 377 g/mol. The lowest BCUT2D eigenvalue weighted by Crippen LogP contribution is -2.30. The van der Waals surface area contributed by atoms with Crippen LogP contribution in [0.5, 0.6) is 0 Å². The Bertz CT molecular complexity index is 793. The van der Waals surface area contributed by atoms with E-state index in [-0.39, 0.29) is 16.3 Å². The fourth-order valence-electron chi connectivity index (χ4n) is 1.84. The summed E-state index contributed by atoms with van der Waals surface area (Å²) in [5.74, 6) is -1.27. The van der Waals surface area contributed by atoms with Crippen LogP contribution < -0.4 is 4.72 Å². The molecule has 2 rings (SSSR count). The zero-order chi connectivity index (χ0) is 17.0. The summed E-state index contributed by atoms with van der Waals surface area (Å²) < 4.78 is 45.1. The average Bonchev–Trinajstić information content (AvgIpc) is 3.03. The number of hydrogen-bond donors (Lipinski definition) is 1. The molecule has 1 aromatic heterocycles. The fraction of sp³-hybridized carbons (Fsp3) is 0.214. The summed E-state index contributed by atoms with van der Waals surface area (Å²) in [7, 11) is -2.76. The number of methoxy groups -OCH3 is 1. The number of carbonyl (C=O) groups excluding carboxylic acids is 1. The van der Waals surface area contributed by atoms with Gasteiger partial charge in [0.15, 0.2) is 0 Å². The van der Waals surface area contributed by atoms with Gasteiger partial charge in [0.2, 0.25) is 10.0 Å². The molecule has 124 valence electrons. The summed E-state index contributed by atoms with van der Waals surface area (Å²) >= 11 is 6.93. The highest BCUT2D eigenvalue weighted by atomic mass is 35.5. The Kier molecular flexibility index (Phi) is 5.74. The normalized spacial score (nSPS) is 12.8. The van der Waals surface area contributed by atoms with Crippen molar-refractivity contribution in [2.45, 2.75) is 17.4 Å². The van der Waals surface area contributed by atoms with Crippen LogP contribution in [0.15, 0.2) is 40.6 Å². The smallest absolute Gasteiger partial charge is 0.307 e. The van der Waals surface area contributed by atoms with Crippen LogP contribution in [-0.2, 0) is 19.6 Å². The summed E-state index contributed by atoms with van der Waals surface area (Å²) in [6, 6.07) is 5.76. The van der Waals surface area contributed by atoms with E-state index >= 15 is 0 Å². The molecule has 1 atom stereocenters. The van der Waals surface area contributed by atoms with Gasteiger partial charge in [0.1, 0.15) is 5.82 Å². The SMILES string of the molecule is COC(=O)CC(NS(=O)(=O)c1ccc(F)c(Cl)c1)c1cccs1. The molecule has 1 heterocycles. The second kappa shape index (κ2) is 7.39. The van der Waals surface area contributed by atoms with Gasteiger partial charge >= 0.3 is 5.97 Å². The van der Waals surface area contributed by atoms with Gasteiger partial charge in [0, 0.05) is 4.88 Å². The summed E-state index contributed by atoms with van der Waals surface area (Å²) in [5.41, 5.74) is 0. The number of sulfonamides is 1. The number of ether oxygens (including phenoxy) is 1. The van der Waals surface area contributed by atoms with Gasteiger partial charge in [-0.1, -0.05) is 17.7 Å². The van der Waals surface area contributed by atoms with Gasteiger partial charge in [-0.3, -0.25) is 4.79 Å². The van der Waals surface area contributed by atoms with E-state index in [0.717, 1.165) is 18.2 Å². The van der Waals surface area contributed by atoms with Crippen LogP contribution in [0.3, 0.4) is 0 Å². The van der Waals surface area contributed by atoms with Gasteiger partial charge in [-0.2, -0.15) is 0 Å². The first-order valence-electron chi connectivity index (χ1n) is 6.41. The maximum Gasteiger partial charge on any atom is 0.307 e. The van der Waals surface area contributed by atoms with Crippen LogP contribution in [-0.4, -0.2) is 21.5 Å². The van der Waals surface area contributed by atoms with Crippen molar-refractivity contribution >= 4 is 38.9 Å². The lowest BCUT2D eigenvalue weighted by atomic mass is 10.2. The number of esters is 1. The van der Waals surface area contributed by atoms with Gasteiger partial charge in [-0.05, 0) is 29.6 Å². The van der Waals surface area contributed by atoms with Crippen LogP contribution in [0.2, 0.25) is 5.02 Å². The third-order valence-electron chi connectivity index (χ3n) is 2.98. The lowest BCUT2D eigenvalue weighted by Gasteiger charge is -2.16. The van der Waals surface area contributed by atoms with Crippen molar-refractivity contribution in [2.75, 3.05) is 7.11 Å². The minimum atomic E-state index is -3.98. The number of benzene rings is 1. The highest BCUT2D eigenvalue weighted by Crippen LogP contribution is 2.26. The van der Waals surface area contributed by atoms with Gasteiger partial charge in [0.05, 0.1) is 29.5 Å². The highest BCUT2D eigenvalue weighted by molar-refractivity contribution is 7.89. The van der Waals surface area contributed by atoms with Crippen LogP contribution in [0, 0.1) is 5.82 Å². The Labute approximate surface area is 142 Å². The van der Waals surface area contributed by atoms with E-state index in [1.54, 1.807) is 17.5 Å². The summed E-state index contributed by atoms with van der Waals surface area (Å²) in [6.45, 7) is 0. The van der Waals surface area contributed by atoms with E-state index in [1.165, 1.54) is 18.4 Å².